The standard InChI is InChI=1S/C11H18ClNO5S2/c12-5-10(14)13-11(8-1-3-19(15,16)6-8)9-2-4-20(17,18)7-9/h8-9,11H,1-7H2,(H,13,14)/t8-,9-/m0/s1. The quantitative estimate of drug-likeness (QED) is 0.699. The highest BCUT2D eigenvalue weighted by molar-refractivity contribution is 7.91. The summed E-state index contributed by atoms with van der Waals surface area (Å²) in [5, 5.41) is 2.73. The predicted molar refractivity (Wildman–Crippen MR) is 76.2 cm³/mol. The van der Waals surface area contributed by atoms with Crippen LogP contribution in [0.25, 0.3) is 0 Å². The second-order valence-corrected chi connectivity index (χ2v) is 10.3. The Morgan fingerprint density at radius 3 is 1.80 bits per heavy atom. The Hall–Kier alpha value is -0.340. The maximum Gasteiger partial charge on any atom is 0.235 e. The van der Waals surface area contributed by atoms with Crippen LogP contribution in [0.4, 0.5) is 0 Å². The predicted octanol–water partition coefficient (Wildman–Crippen LogP) is -0.421. The van der Waals surface area contributed by atoms with Gasteiger partial charge in [-0.1, -0.05) is 0 Å². The number of nitrogens with one attached hydrogen (secondary N) is 1. The fraction of sp³-hybridized carbons (Fsp3) is 0.909. The van der Waals surface area contributed by atoms with E-state index in [-0.39, 0.29) is 46.6 Å². The minimum absolute atomic E-state index is 0.0107. The monoisotopic (exact) mass is 343 g/mol. The second-order valence-electron chi connectivity index (χ2n) is 5.55. The van der Waals surface area contributed by atoms with Crippen LogP contribution in [0.15, 0.2) is 0 Å². The zero-order valence-electron chi connectivity index (χ0n) is 10.9. The molecule has 2 fully saturated rings. The molecule has 2 aliphatic heterocycles. The Morgan fingerprint density at radius 1 is 1.05 bits per heavy atom. The third-order valence-electron chi connectivity index (χ3n) is 4.00. The maximum atomic E-state index is 11.6. The Bertz CT molecular complexity index is 542. The van der Waals surface area contributed by atoms with Crippen LogP contribution in [-0.4, -0.2) is 57.7 Å². The molecule has 20 heavy (non-hydrogen) atoms. The van der Waals surface area contributed by atoms with Crippen molar-refractivity contribution in [3.05, 3.63) is 0 Å². The summed E-state index contributed by atoms with van der Waals surface area (Å²) in [5.74, 6) is -0.807. The van der Waals surface area contributed by atoms with Crippen molar-refractivity contribution >= 4 is 37.2 Å². The number of amides is 1. The SMILES string of the molecule is O=C(CCl)NC([C@H]1CCS(=O)(=O)C1)[C@H]1CCS(=O)(=O)C1. The molecule has 2 rings (SSSR count). The van der Waals surface area contributed by atoms with Gasteiger partial charge in [-0.3, -0.25) is 4.79 Å². The van der Waals surface area contributed by atoms with Gasteiger partial charge in [-0.15, -0.1) is 11.6 Å². The smallest absolute Gasteiger partial charge is 0.235 e. The van der Waals surface area contributed by atoms with Gasteiger partial charge >= 0.3 is 0 Å². The van der Waals surface area contributed by atoms with E-state index in [4.69, 9.17) is 11.6 Å². The van der Waals surface area contributed by atoms with Crippen LogP contribution >= 0.6 is 11.6 Å². The molecular weight excluding hydrogens is 326 g/mol. The number of rotatable bonds is 4. The van der Waals surface area contributed by atoms with Gasteiger partial charge in [-0.2, -0.15) is 0 Å². The van der Waals surface area contributed by atoms with Crippen LogP contribution in [0.3, 0.4) is 0 Å². The molecule has 1 amide bonds. The van der Waals surface area contributed by atoms with Gasteiger partial charge in [0, 0.05) is 6.04 Å². The van der Waals surface area contributed by atoms with Gasteiger partial charge in [-0.25, -0.2) is 16.8 Å². The molecule has 0 aromatic heterocycles. The van der Waals surface area contributed by atoms with Crippen molar-refractivity contribution in [1.29, 1.82) is 0 Å². The molecule has 0 saturated carbocycles. The molecule has 0 spiro atoms. The van der Waals surface area contributed by atoms with E-state index in [2.05, 4.69) is 5.32 Å². The van der Waals surface area contributed by atoms with Gasteiger partial charge in [0.05, 0.1) is 23.0 Å². The van der Waals surface area contributed by atoms with Gasteiger partial charge in [0.1, 0.15) is 5.88 Å². The fourth-order valence-electron chi connectivity index (χ4n) is 3.06. The molecule has 0 aromatic carbocycles. The summed E-state index contributed by atoms with van der Waals surface area (Å²) in [5.41, 5.74) is 0. The minimum atomic E-state index is -3.08. The molecule has 1 N–H and O–H groups in total. The average Bonchev–Trinajstić information content (AvgIpc) is 2.88. The van der Waals surface area contributed by atoms with Crippen LogP contribution in [0, 0.1) is 11.8 Å². The Labute approximate surface area is 124 Å². The molecule has 0 unspecified atom stereocenters. The number of sulfone groups is 2. The number of hydrogen-bond donors (Lipinski definition) is 1. The molecule has 9 heteroatoms. The third kappa shape index (κ3) is 3.85. The lowest BCUT2D eigenvalue weighted by Gasteiger charge is -2.28. The average molecular weight is 344 g/mol. The summed E-state index contributed by atoms with van der Waals surface area (Å²) in [6.07, 6.45) is 0.929. The molecule has 2 saturated heterocycles. The first-order chi connectivity index (χ1) is 9.22. The van der Waals surface area contributed by atoms with Crippen LogP contribution in [0.1, 0.15) is 12.8 Å². The normalized spacial score (nSPS) is 31.5. The Balaban J connectivity index is 2.15. The van der Waals surface area contributed by atoms with E-state index in [0.717, 1.165) is 0 Å². The van der Waals surface area contributed by atoms with E-state index < -0.39 is 25.7 Å². The Kier molecular flexibility index (Phi) is 4.66. The summed E-state index contributed by atoms with van der Waals surface area (Å²) in [6, 6.07) is -0.421. The third-order valence-corrected chi connectivity index (χ3v) is 7.83. The minimum Gasteiger partial charge on any atom is -0.352 e. The van der Waals surface area contributed by atoms with Crippen molar-refractivity contribution in [3.8, 4) is 0 Å². The first-order valence-electron chi connectivity index (χ1n) is 6.48. The molecule has 2 aliphatic rings. The van der Waals surface area contributed by atoms with Crippen molar-refractivity contribution in [2.24, 2.45) is 11.8 Å². The molecule has 0 radical (unpaired) electrons. The Morgan fingerprint density at radius 2 is 1.50 bits per heavy atom. The van der Waals surface area contributed by atoms with Gasteiger partial charge in [0.2, 0.25) is 5.91 Å². The number of halogens is 1. The van der Waals surface area contributed by atoms with Crippen molar-refractivity contribution in [2.45, 2.75) is 18.9 Å². The zero-order chi connectivity index (χ0) is 15.0. The van der Waals surface area contributed by atoms with Gasteiger partial charge < -0.3 is 5.32 Å². The molecule has 6 nitrogen and oxygen atoms in total. The lowest BCUT2D eigenvalue weighted by molar-refractivity contribution is -0.120. The van der Waals surface area contributed by atoms with E-state index >= 15 is 0 Å². The number of alkyl halides is 1. The first kappa shape index (κ1) is 16.0. The van der Waals surface area contributed by atoms with Gasteiger partial charge in [-0.05, 0) is 24.7 Å². The van der Waals surface area contributed by atoms with Crippen LogP contribution in [-0.2, 0) is 24.5 Å². The van der Waals surface area contributed by atoms with E-state index in [9.17, 15) is 21.6 Å². The maximum absolute atomic E-state index is 11.6. The highest BCUT2D eigenvalue weighted by atomic mass is 35.5. The largest absolute Gasteiger partial charge is 0.352 e. The number of carbonyl (C=O) groups excluding carboxylic acids is 1. The van der Waals surface area contributed by atoms with Crippen molar-refractivity contribution in [2.75, 3.05) is 28.9 Å². The molecule has 0 aliphatic carbocycles. The van der Waals surface area contributed by atoms with E-state index in [1.54, 1.807) is 0 Å². The summed E-state index contributed by atoms with van der Waals surface area (Å²) in [6.45, 7) is 0. The molecule has 2 heterocycles. The van der Waals surface area contributed by atoms with Gasteiger partial charge in [0.15, 0.2) is 19.7 Å². The molecule has 2 atom stereocenters. The van der Waals surface area contributed by atoms with Crippen LogP contribution in [0.2, 0.25) is 0 Å². The summed E-state index contributed by atoms with van der Waals surface area (Å²) < 4.78 is 46.3. The zero-order valence-corrected chi connectivity index (χ0v) is 13.3. The van der Waals surface area contributed by atoms with Crippen molar-refractivity contribution < 1.29 is 21.6 Å². The lowest BCUT2D eigenvalue weighted by Crippen LogP contribution is -2.46. The fourth-order valence-corrected chi connectivity index (χ4v) is 6.85. The topological polar surface area (TPSA) is 97.4 Å². The highest BCUT2D eigenvalue weighted by Crippen LogP contribution is 2.31. The highest BCUT2D eigenvalue weighted by Gasteiger charge is 2.42. The molecule has 0 bridgehead atoms. The summed E-state index contributed by atoms with van der Waals surface area (Å²) >= 11 is 5.47. The lowest BCUT2D eigenvalue weighted by atomic mass is 9.87. The second kappa shape index (κ2) is 5.81. The van der Waals surface area contributed by atoms with Crippen LogP contribution < -0.4 is 5.32 Å². The molecule has 116 valence electrons. The molecule has 0 aromatic rings. The summed E-state index contributed by atoms with van der Waals surface area (Å²) in [7, 11) is -6.15. The van der Waals surface area contributed by atoms with Crippen LogP contribution in [0.5, 0.6) is 0 Å². The van der Waals surface area contributed by atoms with E-state index in [1.807, 2.05) is 0 Å². The summed E-state index contributed by atoms with van der Waals surface area (Å²) in [4.78, 5) is 11.5. The van der Waals surface area contributed by atoms with Crippen molar-refractivity contribution in [1.82, 2.24) is 5.32 Å². The number of hydrogen-bond acceptors (Lipinski definition) is 5. The van der Waals surface area contributed by atoms with Gasteiger partial charge in [0.25, 0.3) is 0 Å². The van der Waals surface area contributed by atoms with E-state index in [1.165, 1.54) is 0 Å². The van der Waals surface area contributed by atoms with E-state index in [0.29, 0.717) is 12.8 Å². The first-order valence-corrected chi connectivity index (χ1v) is 10.7. The molecular formula is C11H18ClNO5S2. The number of carbonyl (C=O) groups is 1. The van der Waals surface area contributed by atoms with Crippen molar-refractivity contribution in [3.63, 3.8) is 0 Å².